The molecule has 1 rings (SSSR count). The van der Waals surface area contributed by atoms with Crippen molar-refractivity contribution < 1.29 is 19.1 Å². The van der Waals surface area contributed by atoms with Gasteiger partial charge in [0.15, 0.2) is 0 Å². The summed E-state index contributed by atoms with van der Waals surface area (Å²) in [5.74, 6) is -0.494. The van der Waals surface area contributed by atoms with E-state index in [-0.39, 0.29) is 19.8 Å². The zero-order chi connectivity index (χ0) is 13.2. The first-order valence-electron chi connectivity index (χ1n) is 5.38. The largest absolute Gasteiger partial charge is 0.463 e. The van der Waals surface area contributed by atoms with Gasteiger partial charge in [-0.2, -0.15) is 0 Å². The van der Waals surface area contributed by atoms with Crippen LogP contribution in [0.5, 0.6) is 0 Å². The molecule has 0 aliphatic heterocycles. The Bertz CT molecular complexity index is 383. The van der Waals surface area contributed by atoms with E-state index in [0.29, 0.717) is 5.33 Å². The van der Waals surface area contributed by atoms with Gasteiger partial charge in [0.25, 0.3) is 0 Å². The van der Waals surface area contributed by atoms with E-state index < -0.39 is 12.1 Å². The average Bonchev–Trinajstić information content (AvgIpc) is 2.41. The number of carbonyl (C=O) groups is 2. The molecule has 1 aromatic carbocycles. The molecule has 0 saturated heterocycles. The predicted molar refractivity (Wildman–Crippen MR) is 69.4 cm³/mol. The van der Waals surface area contributed by atoms with Crippen LogP contribution in [0.3, 0.4) is 0 Å². The summed E-state index contributed by atoms with van der Waals surface area (Å²) >= 11 is 3.12. The molecule has 0 aromatic heterocycles. The first-order chi connectivity index (χ1) is 8.72. The number of rotatable bonds is 6. The lowest BCUT2D eigenvalue weighted by molar-refractivity contribution is -0.141. The van der Waals surface area contributed by atoms with Gasteiger partial charge in [-0.05, 0) is 5.56 Å². The molecule has 0 radical (unpaired) electrons. The molecule has 6 heteroatoms. The number of carbonyl (C=O) groups excluding carboxylic acids is 2. The molecule has 1 amide bonds. The van der Waals surface area contributed by atoms with Crippen molar-refractivity contribution in [1.82, 2.24) is 5.32 Å². The molecule has 1 N–H and O–H groups in total. The third kappa shape index (κ3) is 6.24. The minimum atomic E-state index is -0.644. The van der Waals surface area contributed by atoms with Gasteiger partial charge in [0.1, 0.15) is 19.8 Å². The van der Waals surface area contributed by atoms with Crippen molar-refractivity contribution in [3.8, 4) is 0 Å². The maximum Gasteiger partial charge on any atom is 0.407 e. The van der Waals surface area contributed by atoms with Crippen LogP contribution in [0.1, 0.15) is 5.56 Å². The number of hydrogen-bond acceptors (Lipinski definition) is 4. The lowest BCUT2D eigenvalue weighted by atomic mass is 10.2. The van der Waals surface area contributed by atoms with Gasteiger partial charge >= 0.3 is 12.1 Å². The third-order valence-corrected chi connectivity index (χ3v) is 2.25. The van der Waals surface area contributed by atoms with Crippen molar-refractivity contribution in [2.45, 2.75) is 6.61 Å². The van der Waals surface area contributed by atoms with Gasteiger partial charge < -0.3 is 14.8 Å². The van der Waals surface area contributed by atoms with E-state index in [0.717, 1.165) is 5.56 Å². The molecule has 5 nitrogen and oxygen atoms in total. The van der Waals surface area contributed by atoms with Gasteiger partial charge in [-0.25, -0.2) is 4.79 Å². The van der Waals surface area contributed by atoms with Gasteiger partial charge in [0.05, 0.1) is 0 Å². The zero-order valence-corrected chi connectivity index (χ0v) is 11.3. The van der Waals surface area contributed by atoms with E-state index in [1.54, 1.807) is 0 Å². The van der Waals surface area contributed by atoms with Gasteiger partial charge in [0.2, 0.25) is 0 Å². The van der Waals surface area contributed by atoms with Gasteiger partial charge in [0, 0.05) is 5.33 Å². The third-order valence-electron chi connectivity index (χ3n) is 1.93. The Hall–Kier alpha value is -1.56. The topological polar surface area (TPSA) is 64.6 Å². The van der Waals surface area contributed by atoms with Gasteiger partial charge in [-0.15, -0.1) is 0 Å². The van der Waals surface area contributed by atoms with Crippen molar-refractivity contribution in [2.24, 2.45) is 0 Å². The number of alkyl halides is 1. The first-order valence-corrected chi connectivity index (χ1v) is 6.50. The highest BCUT2D eigenvalue weighted by Crippen LogP contribution is 2.00. The minimum Gasteiger partial charge on any atom is -0.463 e. The number of alkyl carbamates (subject to hydrolysis) is 1. The zero-order valence-electron chi connectivity index (χ0n) is 9.73. The molecule has 0 aliphatic rings. The van der Waals surface area contributed by atoms with Crippen molar-refractivity contribution in [1.29, 1.82) is 0 Å². The number of hydrogen-bond donors (Lipinski definition) is 1. The lowest BCUT2D eigenvalue weighted by Crippen LogP contribution is -2.31. The molecule has 0 saturated carbocycles. The summed E-state index contributed by atoms with van der Waals surface area (Å²) in [6, 6.07) is 9.28. The monoisotopic (exact) mass is 315 g/mol. The second-order valence-corrected chi connectivity index (χ2v) is 4.12. The Kier molecular flexibility index (Phi) is 6.86. The van der Waals surface area contributed by atoms with Crippen molar-refractivity contribution in [3.05, 3.63) is 35.9 Å². The summed E-state index contributed by atoms with van der Waals surface area (Å²) in [4.78, 5) is 22.3. The normalized spacial score (nSPS) is 9.61. The summed E-state index contributed by atoms with van der Waals surface area (Å²) in [5.41, 5.74) is 0.884. The molecule has 0 fully saturated rings. The summed E-state index contributed by atoms with van der Waals surface area (Å²) < 4.78 is 9.66. The SMILES string of the molecule is O=C(CNC(=O)OCc1ccccc1)OCCBr. The van der Waals surface area contributed by atoms with Crippen molar-refractivity contribution >= 4 is 28.0 Å². The number of benzene rings is 1. The van der Waals surface area contributed by atoms with Crippen LogP contribution in [0.4, 0.5) is 4.79 Å². The fourth-order valence-electron chi connectivity index (χ4n) is 1.12. The summed E-state index contributed by atoms with van der Waals surface area (Å²) in [6.45, 7) is 0.253. The van der Waals surface area contributed by atoms with Crippen LogP contribution in [0, 0.1) is 0 Å². The van der Waals surface area contributed by atoms with Crippen molar-refractivity contribution in [2.75, 3.05) is 18.5 Å². The van der Waals surface area contributed by atoms with Gasteiger partial charge in [-0.3, -0.25) is 4.79 Å². The molecule has 98 valence electrons. The summed E-state index contributed by atoms with van der Waals surface area (Å²) in [6.07, 6.45) is -0.644. The number of amides is 1. The second-order valence-electron chi connectivity index (χ2n) is 3.32. The van der Waals surface area contributed by atoms with E-state index >= 15 is 0 Å². The first kappa shape index (κ1) is 14.5. The fraction of sp³-hybridized carbons (Fsp3) is 0.333. The maximum absolute atomic E-state index is 11.2. The Morgan fingerprint density at radius 2 is 1.89 bits per heavy atom. The highest BCUT2D eigenvalue weighted by molar-refractivity contribution is 9.09. The quantitative estimate of drug-likeness (QED) is 0.642. The van der Waals surface area contributed by atoms with Crippen LogP contribution in [-0.4, -0.2) is 30.5 Å². The fourth-order valence-corrected chi connectivity index (χ4v) is 1.28. The minimum absolute atomic E-state index is 0.170. The molecule has 0 spiro atoms. The Morgan fingerprint density at radius 1 is 1.17 bits per heavy atom. The summed E-state index contributed by atoms with van der Waals surface area (Å²) in [5, 5.41) is 2.88. The van der Waals surface area contributed by atoms with E-state index in [1.165, 1.54) is 0 Å². The summed E-state index contributed by atoms with van der Waals surface area (Å²) in [7, 11) is 0. The molecular weight excluding hydrogens is 302 g/mol. The van der Waals surface area contributed by atoms with Crippen LogP contribution >= 0.6 is 15.9 Å². The Labute approximate surface area is 114 Å². The predicted octanol–water partition coefficient (Wildman–Crippen LogP) is 1.85. The molecule has 1 aromatic rings. The van der Waals surface area contributed by atoms with E-state index in [4.69, 9.17) is 9.47 Å². The van der Waals surface area contributed by atoms with E-state index in [2.05, 4.69) is 21.2 Å². The molecule has 0 aliphatic carbocycles. The maximum atomic E-state index is 11.2. The standard InChI is InChI=1S/C12H14BrNO4/c13-6-7-17-11(15)8-14-12(16)18-9-10-4-2-1-3-5-10/h1-5H,6-9H2,(H,14,16). The van der Waals surface area contributed by atoms with Crippen molar-refractivity contribution in [3.63, 3.8) is 0 Å². The number of ether oxygens (including phenoxy) is 2. The van der Waals surface area contributed by atoms with Gasteiger partial charge in [-0.1, -0.05) is 46.3 Å². The molecule has 0 atom stereocenters. The Balaban J connectivity index is 2.16. The molecule has 0 bridgehead atoms. The molecule has 0 heterocycles. The van der Waals surface area contributed by atoms with Crippen LogP contribution in [0.25, 0.3) is 0 Å². The highest BCUT2D eigenvalue weighted by atomic mass is 79.9. The molecule has 0 unspecified atom stereocenters. The Morgan fingerprint density at radius 3 is 2.56 bits per heavy atom. The number of esters is 1. The van der Waals surface area contributed by atoms with Crippen LogP contribution in [-0.2, 0) is 20.9 Å². The number of halogens is 1. The lowest BCUT2D eigenvalue weighted by Gasteiger charge is -2.06. The molecular formula is C12H14BrNO4. The van der Waals surface area contributed by atoms with E-state index in [1.807, 2.05) is 30.3 Å². The molecule has 18 heavy (non-hydrogen) atoms. The average molecular weight is 316 g/mol. The van der Waals surface area contributed by atoms with Crippen LogP contribution < -0.4 is 5.32 Å². The second kappa shape index (κ2) is 8.52. The van der Waals surface area contributed by atoms with Crippen LogP contribution in [0.2, 0.25) is 0 Å². The highest BCUT2D eigenvalue weighted by Gasteiger charge is 2.07. The van der Waals surface area contributed by atoms with Crippen LogP contribution in [0.15, 0.2) is 30.3 Å². The van der Waals surface area contributed by atoms with E-state index in [9.17, 15) is 9.59 Å². The number of nitrogens with one attached hydrogen (secondary N) is 1. The smallest absolute Gasteiger partial charge is 0.407 e.